The van der Waals surface area contributed by atoms with Crippen molar-refractivity contribution in [1.82, 2.24) is 9.78 Å². The molecule has 0 fully saturated rings. The molecule has 0 atom stereocenters. The van der Waals surface area contributed by atoms with Gasteiger partial charge in [0.2, 0.25) is 0 Å². The zero-order chi connectivity index (χ0) is 12.3. The monoisotopic (exact) mass is 227 g/mol. The van der Waals surface area contributed by atoms with Crippen molar-refractivity contribution in [2.24, 2.45) is 0 Å². The third-order valence-electron chi connectivity index (χ3n) is 2.17. The standard InChI is InChI=1S/C13H13N3O/c1-10(2)17-13-8-15-16(9-13)12-5-3-4-11(6-12)7-14/h3-6,8-10H,1-2H3. The number of hydrogen-bond acceptors (Lipinski definition) is 3. The minimum absolute atomic E-state index is 0.123. The van der Waals surface area contributed by atoms with Crippen LogP contribution in [0.4, 0.5) is 0 Å². The van der Waals surface area contributed by atoms with Crippen molar-refractivity contribution in [2.45, 2.75) is 20.0 Å². The van der Waals surface area contributed by atoms with Crippen LogP contribution >= 0.6 is 0 Å². The third kappa shape index (κ3) is 2.64. The molecule has 0 aliphatic heterocycles. The van der Waals surface area contributed by atoms with Crippen molar-refractivity contribution in [2.75, 3.05) is 0 Å². The number of rotatable bonds is 3. The van der Waals surface area contributed by atoms with Crippen LogP contribution in [0.15, 0.2) is 36.7 Å². The Bertz CT molecular complexity index is 552. The Labute approximate surface area is 100 Å². The van der Waals surface area contributed by atoms with Gasteiger partial charge in [0, 0.05) is 0 Å². The maximum atomic E-state index is 8.83. The van der Waals surface area contributed by atoms with Gasteiger partial charge in [-0.2, -0.15) is 10.4 Å². The lowest BCUT2D eigenvalue weighted by Gasteiger charge is -2.05. The summed E-state index contributed by atoms with van der Waals surface area (Å²) in [4.78, 5) is 0. The van der Waals surface area contributed by atoms with Gasteiger partial charge >= 0.3 is 0 Å². The van der Waals surface area contributed by atoms with Gasteiger partial charge in [0.05, 0.1) is 35.8 Å². The predicted molar refractivity (Wildman–Crippen MR) is 64.0 cm³/mol. The van der Waals surface area contributed by atoms with Crippen molar-refractivity contribution < 1.29 is 4.74 Å². The molecular formula is C13H13N3O. The molecule has 0 amide bonds. The summed E-state index contributed by atoms with van der Waals surface area (Å²) in [5.41, 5.74) is 1.46. The van der Waals surface area contributed by atoms with Gasteiger partial charge in [-0.3, -0.25) is 0 Å². The molecule has 4 heteroatoms. The Morgan fingerprint density at radius 3 is 2.94 bits per heavy atom. The number of nitrogens with zero attached hydrogens (tertiary/aromatic N) is 3. The van der Waals surface area contributed by atoms with E-state index in [-0.39, 0.29) is 6.10 Å². The Kier molecular flexibility index (Phi) is 3.10. The minimum atomic E-state index is 0.123. The summed E-state index contributed by atoms with van der Waals surface area (Å²) in [5.74, 6) is 0.724. The topological polar surface area (TPSA) is 50.8 Å². The van der Waals surface area contributed by atoms with Crippen LogP contribution in [0.2, 0.25) is 0 Å². The van der Waals surface area contributed by atoms with Gasteiger partial charge < -0.3 is 4.74 Å². The Morgan fingerprint density at radius 1 is 1.41 bits per heavy atom. The van der Waals surface area contributed by atoms with E-state index in [1.54, 1.807) is 29.2 Å². The van der Waals surface area contributed by atoms with Crippen LogP contribution in [-0.2, 0) is 0 Å². The van der Waals surface area contributed by atoms with Crippen molar-refractivity contribution in [3.63, 3.8) is 0 Å². The van der Waals surface area contributed by atoms with Gasteiger partial charge in [-0.05, 0) is 32.0 Å². The molecule has 0 N–H and O–H groups in total. The first-order chi connectivity index (χ1) is 8.19. The fourth-order valence-corrected chi connectivity index (χ4v) is 1.50. The summed E-state index contributed by atoms with van der Waals surface area (Å²) in [7, 11) is 0. The maximum absolute atomic E-state index is 8.83. The van der Waals surface area contributed by atoms with Gasteiger partial charge in [0.15, 0.2) is 5.75 Å². The third-order valence-corrected chi connectivity index (χ3v) is 2.17. The second kappa shape index (κ2) is 4.71. The van der Waals surface area contributed by atoms with Crippen molar-refractivity contribution in [1.29, 1.82) is 5.26 Å². The molecule has 0 spiro atoms. The molecule has 0 aliphatic rings. The lowest BCUT2D eigenvalue weighted by Crippen LogP contribution is -2.04. The fraction of sp³-hybridized carbons (Fsp3) is 0.231. The average Bonchev–Trinajstić information content (AvgIpc) is 2.77. The number of hydrogen-bond donors (Lipinski definition) is 0. The summed E-state index contributed by atoms with van der Waals surface area (Å²) in [5, 5.41) is 13.0. The van der Waals surface area contributed by atoms with Gasteiger partial charge in [0.25, 0.3) is 0 Å². The largest absolute Gasteiger partial charge is 0.488 e. The van der Waals surface area contributed by atoms with Crippen LogP contribution in [0, 0.1) is 11.3 Å². The van der Waals surface area contributed by atoms with E-state index in [9.17, 15) is 0 Å². The van der Waals surface area contributed by atoms with E-state index in [0.717, 1.165) is 11.4 Å². The lowest BCUT2D eigenvalue weighted by molar-refractivity contribution is 0.242. The molecule has 0 saturated heterocycles. The molecule has 86 valence electrons. The van der Waals surface area contributed by atoms with Crippen LogP contribution in [0.3, 0.4) is 0 Å². The van der Waals surface area contributed by atoms with Crippen LogP contribution in [-0.4, -0.2) is 15.9 Å². The molecule has 1 heterocycles. The van der Waals surface area contributed by atoms with Gasteiger partial charge in [-0.15, -0.1) is 0 Å². The molecule has 0 radical (unpaired) electrons. The zero-order valence-corrected chi connectivity index (χ0v) is 9.79. The van der Waals surface area contributed by atoms with E-state index in [1.807, 2.05) is 26.0 Å². The van der Waals surface area contributed by atoms with Crippen molar-refractivity contribution in [3.05, 3.63) is 42.2 Å². The number of aromatic nitrogens is 2. The molecular weight excluding hydrogens is 214 g/mol. The average molecular weight is 227 g/mol. The molecule has 4 nitrogen and oxygen atoms in total. The van der Waals surface area contributed by atoms with E-state index in [1.165, 1.54) is 0 Å². The van der Waals surface area contributed by atoms with Gasteiger partial charge in [-0.1, -0.05) is 6.07 Å². The quantitative estimate of drug-likeness (QED) is 0.809. The smallest absolute Gasteiger partial charge is 0.158 e. The van der Waals surface area contributed by atoms with E-state index in [0.29, 0.717) is 5.56 Å². The number of benzene rings is 1. The van der Waals surface area contributed by atoms with Crippen molar-refractivity contribution in [3.8, 4) is 17.5 Å². The highest BCUT2D eigenvalue weighted by atomic mass is 16.5. The summed E-state index contributed by atoms with van der Waals surface area (Å²) < 4.78 is 7.22. The molecule has 0 aliphatic carbocycles. The minimum Gasteiger partial charge on any atom is -0.488 e. The zero-order valence-electron chi connectivity index (χ0n) is 9.79. The van der Waals surface area contributed by atoms with Crippen LogP contribution < -0.4 is 4.74 Å². The fourth-order valence-electron chi connectivity index (χ4n) is 1.50. The summed E-state index contributed by atoms with van der Waals surface area (Å²) in [6.07, 6.45) is 3.59. The highest BCUT2D eigenvalue weighted by molar-refractivity contribution is 5.41. The van der Waals surface area contributed by atoms with Gasteiger partial charge in [-0.25, -0.2) is 4.68 Å². The Balaban J connectivity index is 2.27. The number of nitriles is 1. The van der Waals surface area contributed by atoms with E-state index in [4.69, 9.17) is 10.00 Å². The molecule has 17 heavy (non-hydrogen) atoms. The molecule has 1 aromatic heterocycles. The summed E-state index contributed by atoms with van der Waals surface area (Å²) in [6, 6.07) is 9.38. The molecule has 0 bridgehead atoms. The van der Waals surface area contributed by atoms with Gasteiger partial charge in [0.1, 0.15) is 0 Å². The molecule has 0 saturated carbocycles. The second-order valence-corrected chi connectivity index (χ2v) is 3.95. The summed E-state index contributed by atoms with van der Waals surface area (Å²) >= 11 is 0. The van der Waals surface area contributed by atoms with Crippen LogP contribution in [0.25, 0.3) is 5.69 Å². The highest BCUT2D eigenvalue weighted by Crippen LogP contribution is 2.15. The Hall–Kier alpha value is -2.28. The molecule has 2 rings (SSSR count). The second-order valence-electron chi connectivity index (χ2n) is 3.95. The molecule has 1 aromatic carbocycles. The van der Waals surface area contributed by atoms with E-state index >= 15 is 0 Å². The maximum Gasteiger partial charge on any atom is 0.158 e. The SMILES string of the molecule is CC(C)Oc1cnn(-c2cccc(C#N)c2)c1. The van der Waals surface area contributed by atoms with Crippen LogP contribution in [0.1, 0.15) is 19.4 Å². The Morgan fingerprint density at radius 2 is 2.24 bits per heavy atom. The first-order valence-corrected chi connectivity index (χ1v) is 5.41. The van der Waals surface area contributed by atoms with Crippen molar-refractivity contribution >= 4 is 0 Å². The lowest BCUT2D eigenvalue weighted by atomic mass is 10.2. The summed E-state index contributed by atoms with van der Waals surface area (Å²) in [6.45, 7) is 3.93. The first kappa shape index (κ1) is 11.2. The normalized spacial score (nSPS) is 10.2. The van der Waals surface area contributed by atoms with E-state index in [2.05, 4.69) is 11.2 Å². The van der Waals surface area contributed by atoms with Crippen LogP contribution in [0.5, 0.6) is 5.75 Å². The number of ether oxygens (including phenoxy) is 1. The highest BCUT2D eigenvalue weighted by Gasteiger charge is 2.04. The predicted octanol–water partition coefficient (Wildman–Crippen LogP) is 2.53. The van der Waals surface area contributed by atoms with E-state index < -0.39 is 0 Å². The first-order valence-electron chi connectivity index (χ1n) is 5.41. The molecule has 2 aromatic rings. The molecule has 0 unspecified atom stereocenters.